The molecule has 1 atom stereocenters. The molecule has 0 radical (unpaired) electrons. The number of benzene rings is 3. The first kappa shape index (κ1) is 22.5. The summed E-state index contributed by atoms with van der Waals surface area (Å²) in [6.07, 6.45) is 5.95. The number of carboxylic acid groups (broad SMARTS) is 1. The van der Waals surface area contributed by atoms with Crippen molar-refractivity contribution in [1.29, 1.82) is 0 Å². The van der Waals surface area contributed by atoms with Gasteiger partial charge in [-0.05, 0) is 35.1 Å². The summed E-state index contributed by atoms with van der Waals surface area (Å²) in [5, 5.41) is 9.38. The first-order chi connectivity index (χ1) is 15.0. The molecule has 3 aromatic rings. The lowest BCUT2D eigenvalue weighted by atomic mass is 9.88. The zero-order chi connectivity index (χ0) is 22.2. The molecule has 3 heteroatoms. The highest BCUT2D eigenvalue weighted by molar-refractivity contribution is 6.14. The second-order valence-electron chi connectivity index (χ2n) is 8.03. The summed E-state index contributed by atoms with van der Waals surface area (Å²) in [6.45, 7) is 4.50. The number of ketones is 1. The summed E-state index contributed by atoms with van der Waals surface area (Å²) >= 11 is 0. The van der Waals surface area contributed by atoms with Gasteiger partial charge in [-0.1, -0.05) is 106 Å². The zero-order valence-electron chi connectivity index (χ0n) is 18.3. The van der Waals surface area contributed by atoms with Gasteiger partial charge in [-0.3, -0.25) is 4.79 Å². The van der Waals surface area contributed by atoms with Crippen LogP contribution in [0.25, 0.3) is 11.1 Å². The Kier molecular flexibility index (Phi) is 7.77. The largest absolute Gasteiger partial charge is 0.478 e. The van der Waals surface area contributed by atoms with Gasteiger partial charge in [0.2, 0.25) is 0 Å². The van der Waals surface area contributed by atoms with Crippen LogP contribution < -0.4 is 0 Å². The van der Waals surface area contributed by atoms with E-state index in [1.165, 1.54) is 42.9 Å². The molecule has 3 aromatic carbocycles. The molecular formula is C28H30O3. The molecule has 1 unspecified atom stereocenters. The third-order valence-corrected chi connectivity index (χ3v) is 5.93. The third-order valence-electron chi connectivity index (χ3n) is 5.93. The predicted octanol–water partition coefficient (Wildman–Crippen LogP) is 7.04. The molecule has 0 saturated carbocycles. The number of rotatable bonds is 10. The maximum absolute atomic E-state index is 12.9. The number of hydrogen-bond donors (Lipinski definition) is 1. The number of unbranched alkanes of at least 4 members (excludes halogenated alkanes) is 1. The number of hydrogen-bond acceptors (Lipinski definition) is 2. The highest BCUT2D eigenvalue weighted by Crippen LogP contribution is 2.29. The van der Waals surface area contributed by atoms with Gasteiger partial charge >= 0.3 is 5.97 Å². The van der Waals surface area contributed by atoms with Gasteiger partial charge in [0.05, 0.1) is 5.56 Å². The molecule has 0 aromatic heterocycles. The Morgan fingerprint density at radius 2 is 1.48 bits per heavy atom. The van der Waals surface area contributed by atoms with Crippen molar-refractivity contribution in [3.05, 3.63) is 95.1 Å². The van der Waals surface area contributed by atoms with Crippen molar-refractivity contribution in [2.75, 3.05) is 0 Å². The summed E-state index contributed by atoms with van der Waals surface area (Å²) in [4.78, 5) is 24.4. The molecule has 0 saturated heterocycles. The maximum Gasteiger partial charge on any atom is 0.336 e. The Bertz CT molecular complexity index is 1030. The van der Waals surface area contributed by atoms with Gasteiger partial charge in [-0.2, -0.15) is 0 Å². The smallest absolute Gasteiger partial charge is 0.336 e. The molecule has 31 heavy (non-hydrogen) atoms. The van der Waals surface area contributed by atoms with Crippen molar-refractivity contribution in [3.8, 4) is 11.1 Å². The molecule has 0 aliphatic heterocycles. The number of aromatic carboxylic acids is 1. The molecule has 160 valence electrons. The van der Waals surface area contributed by atoms with Gasteiger partial charge in [0, 0.05) is 11.1 Å². The van der Waals surface area contributed by atoms with E-state index in [0.717, 1.165) is 12.0 Å². The Labute approximate surface area is 184 Å². The molecule has 0 fully saturated rings. The van der Waals surface area contributed by atoms with Gasteiger partial charge < -0.3 is 5.11 Å². The Balaban J connectivity index is 1.86. The number of carbonyl (C=O) groups excluding carboxylic acids is 1. The van der Waals surface area contributed by atoms with Crippen LogP contribution in [0.4, 0.5) is 0 Å². The zero-order valence-corrected chi connectivity index (χ0v) is 18.3. The molecule has 0 aliphatic rings. The molecule has 0 amide bonds. The Morgan fingerprint density at radius 1 is 0.839 bits per heavy atom. The van der Waals surface area contributed by atoms with Crippen LogP contribution in [0.1, 0.15) is 71.4 Å². The monoisotopic (exact) mass is 414 g/mol. The molecule has 0 bridgehead atoms. The fourth-order valence-corrected chi connectivity index (χ4v) is 4.06. The molecule has 0 spiro atoms. The number of carbonyl (C=O) groups is 2. The van der Waals surface area contributed by atoms with Crippen LogP contribution in [0, 0.1) is 5.92 Å². The van der Waals surface area contributed by atoms with Crippen LogP contribution in [0.15, 0.2) is 72.8 Å². The standard InChI is InChI=1S/C28H30O3/c1-3-5-10-20(4-2)19-23-11-6-7-12-24(23)21-15-17-22(18-16-21)27(29)25-13-8-9-14-26(25)28(30)31/h6-9,11-18,20H,3-5,10,19H2,1-2H3,(H,30,31). The van der Waals surface area contributed by atoms with Crippen molar-refractivity contribution in [2.45, 2.75) is 46.0 Å². The minimum atomic E-state index is -1.09. The van der Waals surface area contributed by atoms with E-state index >= 15 is 0 Å². The summed E-state index contributed by atoms with van der Waals surface area (Å²) in [5.74, 6) is -0.694. The minimum Gasteiger partial charge on any atom is -0.478 e. The summed E-state index contributed by atoms with van der Waals surface area (Å²) in [7, 11) is 0. The van der Waals surface area contributed by atoms with Crippen molar-refractivity contribution < 1.29 is 14.7 Å². The predicted molar refractivity (Wildman–Crippen MR) is 126 cm³/mol. The van der Waals surface area contributed by atoms with Crippen LogP contribution in [0.5, 0.6) is 0 Å². The van der Waals surface area contributed by atoms with Crippen LogP contribution in [0.2, 0.25) is 0 Å². The van der Waals surface area contributed by atoms with Crippen LogP contribution in [-0.4, -0.2) is 16.9 Å². The minimum absolute atomic E-state index is 0.0274. The summed E-state index contributed by atoms with van der Waals surface area (Å²) in [5.41, 5.74) is 4.33. The van der Waals surface area contributed by atoms with Crippen LogP contribution in [-0.2, 0) is 6.42 Å². The second-order valence-corrected chi connectivity index (χ2v) is 8.03. The Hall–Kier alpha value is -3.20. The van der Waals surface area contributed by atoms with E-state index in [2.05, 4.69) is 32.0 Å². The van der Waals surface area contributed by atoms with Gasteiger partial charge in [-0.25, -0.2) is 4.79 Å². The summed E-state index contributed by atoms with van der Waals surface area (Å²) in [6, 6.07) is 22.3. The molecule has 3 rings (SSSR count). The molecule has 0 heterocycles. The van der Waals surface area contributed by atoms with E-state index < -0.39 is 5.97 Å². The second kappa shape index (κ2) is 10.7. The van der Waals surface area contributed by atoms with Gasteiger partial charge in [-0.15, -0.1) is 0 Å². The molecular weight excluding hydrogens is 384 g/mol. The van der Waals surface area contributed by atoms with E-state index in [1.54, 1.807) is 30.3 Å². The average molecular weight is 415 g/mol. The average Bonchev–Trinajstić information content (AvgIpc) is 2.81. The van der Waals surface area contributed by atoms with E-state index in [9.17, 15) is 14.7 Å². The van der Waals surface area contributed by atoms with Crippen molar-refractivity contribution in [3.63, 3.8) is 0 Å². The topological polar surface area (TPSA) is 54.4 Å². The summed E-state index contributed by atoms with van der Waals surface area (Å²) < 4.78 is 0. The first-order valence-corrected chi connectivity index (χ1v) is 11.1. The molecule has 1 N–H and O–H groups in total. The lowest BCUT2D eigenvalue weighted by molar-refractivity contribution is 0.0693. The van der Waals surface area contributed by atoms with Crippen LogP contribution in [0.3, 0.4) is 0 Å². The normalized spacial score (nSPS) is 11.8. The van der Waals surface area contributed by atoms with E-state index in [0.29, 0.717) is 11.5 Å². The fraction of sp³-hybridized carbons (Fsp3) is 0.286. The van der Waals surface area contributed by atoms with Gasteiger partial charge in [0.1, 0.15) is 0 Å². The van der Waals surface area contributed by atoms with Crippen molar-refractivity contribution >= 4 is 11.8 Å². The molecule has 0 aliphatic carbocycles. The van der Waals surface area contributed by atoms with Crippen molar-refractivity contribution in [1.82, 2.24) is 0 Å². The fourth-order valence-electron chi connectivity index (χ4n) is 4.06. The quantitative estimate of drug-likeness (QED) is 0.362. The third kappa shape index (κ3) is 5.49. The van der Waals surface area contributed by atoms with E-state index in [4.69, 9.17) is 0 Å². The lowest BCUT2D eigenvalue weighted by Crippen LogP contribution is -2.09. The van der Waals surface area contributed by atoms with E-state index in [-0.39, 0.29) is 16.9 Å². The molecule has 3 nitrogen and oxygen atoms in total. The highest BCUT2D eigenvalue weighted by Gasteiger charge is 2.18. The highest BCUT2D eigenvalue weighted by atomic mass is 16.4. The lowest BCUT2D eigenvalue weighted by Gasteiger charge is -2.17. The van der Waals surface area contributed by atoms with Gasteiger partial charge in [0.15, 0.2) is 5.78 Å². The first-order valence-electron chi connectivity index (χ1n) is 11.1. The van der Waals surface area contributed by atoms with E-state index in [1.807, 2.05) is 18.2 Å². The van der Waals surface area contributed by atoms with Crippen LogP contribution >= 0.6 is 0 Å². The Morgan fingerprint density at radius 3 is 2.13 bits per heavy atom. The SMILES string of the molecule is CCCCC(CC)Cc1ccccc1-c1ccc(C(=O)c2ccccc2C(=O)O)cc1. The van der Waals surface area contributed by atoms with Gasteiger partial charge in [0.25, 0.3) is 0 Å². The van der Waals surface area contributed by atoms with Crippen molar-refractivity contribution in [2.24, 2.45) is 5.92 Å². The number of carboxylic acids is 1. The maximum atomic E-state index is 12.9.